The first kappa shape index (κ1) is 14.2. The van der Waals surface area contributed by atoms with Crippen molar-refractivity contribution in [1.82, 2.24) is 0 Å². The van der Waals surface area contributed by atoms with Crippen LogP contribution in [-0.4, -0.2) is 5.78 Å². The molecule has 0 spiro atoms. The smallest absolute Gasteiger partial charge is 0.177 e. The van der Waals surface area contributed by atoms with Gasteiger partial charge in [0, 0.05) is 15.9 Å². The summed E-state index contributed by atoms with van der Waals surface area (Å²) in [5, 5.41) is 0.424. The highest BCUT2D eigenvalue weighted by Crippen LogP contribution is 2.33. The largest absolute Gasteiger partial charge is 0.293 e. The molecule has 0 aliphatic carbocycles. The number of hydrogen-bond acceptors (Lipinski definition) is 2. The average Bonchev–Trinajstić information content (AvgIpc) is 2.64. The minimum Gasteiger partial charge on any atom is -0.293 e. The maximum atomic E-state index is 13.5. The lowest BCUT2D eigenvalue weighted by Gasteiger charge is -2.02. The highest BCUT2D eigenvalue weighted by atomic mass is 79.9. The molecule has 2 aromatic rings. The zero-order chi connectivity index (χ0) is 13.3. The molecule has 1 aromatic carbocycles. The van der Waals surface area contributed by atoms with Crippen LogP contribution in [0.3, 0.4) is 0 Å². The second kappa shape index (κ2) is 5.82. The van der Waals surface area contributed by atoms with E-state index < -0.39 is 5.82 Å². The van der Waals surface area contributed by atoms with Gasteiger partial charge in [0.2, 0.25) is 0 Å². The van der Waals surface area contributed by atoms with Crippen LogP contribution in [0.5, 0.6) is 0 Å². The molecule has 18 heavy (non-hydrogen) atoms. The Bertz CT molecular complexity index is 593. The van der Waals surface area contributed by atoms with Gasteiger partial charge in [-0.2, -0.15) is 0 Å². The Kier molecular flexibility index (Phi) is 4.59. The van der Waals surface area contributed by atoms with Crippen LogP contribution < -0.4 is 0 Å². The van der Waals surface area contributed by atoms with Crippen molar-refractivity contribution in [1.29, 1.82) is 0 Å². The maximum Gasteiger partial charge on any atom is 0.177 e. The standard InChI is InChI=1S/C12H6Br2ClFOS/c13-8-5-11(18-12(8)14)10(17)4-6-3-7(15)1-2-9(6)16/h1-3,5H,4H2. The van der Waals surface area contributed by atoms with E-state index in [9.17, 15) is 9.18 Å². The molecule has 1 nitrogen and oxygen atoms in total. The monoisotopic (exact) mass is 410 g/mol. The summed E-state index contributed by atoms with van der Waals surface area (Å²) in [6, 6.07) is 5.93. The van der Waals surface area contributed by atoms with E-state index >= 15 is 0 Å². The molecule has 1 heterocycles. The fourth-order valence-electron chi connectivity index (χ4n) is 1.42. The Labute approximate surface area is 129 Å². The predicted molar refractivity (Wildman–Crippen MR) is 79.2 cm³/mol. The van der Waals surface area contributed by atoms with E-state index in [0.29, 0.717) is 15.5 Å². The number of benzene rings is 1. The summed E-state index contributed by atoms with van der Waals surface area (Å²) in [6.07, 6.45) is 0.00574. The first-order valence-corrected chi connectivity index (χ1v) is 7.67. The van der Waals surface area contributed by atoms with Gasteiger partial charge in [-0.1, -0.05) is 11.6 Å². The van der Waals surface area contributed by atoms with E-state index in [4.69, 9.17) is 11.6 Å². The Morgan fingerprint density at radius 2 is 2.06 bits per heavy atom. The minimum atomic E-state index is -0.414. The maximum absolute atomic E-state index is 13.5. The van der Waals surface area contributed by atoms with Crippen molar-refractivity contribution in [3.63, 3.8) is 0 Å². The van der Waals surface area contributed by atoms with Crippen molar-refractivity contribution < 1.29 is 9.18 Å². The second-order valence-corrected chi connectivity index (χ2v) is 7.23. The van der Waals surface area contributed by atoms with Gasteiger partial charge in [0.15, 0.2) is 5.78 Å². The van der Waals surface area contributed by atoms with Crippen molar-refractivity contribution in [3.8, 4) is 0 Å². The van der Waals surface area contributed by atoms with Gasteiger partial charge in [0.25, 0.3) is 0 Å². The van der Waals surface area contributed by atoms with E-state index in [1.165, 1.54) is 29.5 Å². The van der Waals surface area contributed by atoms with Crippen LogP contribution in [-0.2, 0) is 6.42 Å². The molecule has 0 aliphatic rings. The van der Waals surface area contributed by atoms with Crippen molar-refractivity contribution >= 4 is 60.6 Å². The molecule has 0 radical (unpaired) electrons. The third-order valence-corrected chi connectivity index (χ3v) is 5.81. The molecule has 6 heteroatoms. The number of carbonyl (C=O) groups excluding carboxylic acids is 1. The normalized spacial score (nSPS) is 10.7. The van der Waals surface area contributed by atoms with Gasteiger partial charge < -0.3 is 0 Å². The van der Waals surface area contributed by atoms with Crippen molar-refractivity contribution in [2.24, 2.45) is 0 Å². The zero-order valence-electron chi connectivity index (χ0n) is 8.84. The molecule has 0 N–H and O–H groups in total. The van der Waals surface area contributed by atoms with Gasteiger partial charge >= 0.3 is 0 Å². The summed E-state index contributed by atoms with van der Waals surface area (Å²) >= 11 is 13.7. The summed E-state index contributed by atoms with van der Waals surface area (Å²) in [7, 11) is 0. The molecule has 1 aromatic heterocycles. The lowest BCUT2D eigenvalue weighted by molar-refractivity contribution is 0.0995. The van der Waals surface area contributed by atoms with Crippen LogP contribution in [0.2, 0.25) is 5.02 Å². The van der Waals surface area contributed by atoms with Crippen LogP contribution in [0, 0.1) is 5.82 Å². The molecular weight excluding hydrogens is 406 g/mol. The highest BCUT2D eigenvalue weighted by Gasteiger charge is 2.15. The summed E-state index contributed by atoms with van der Waals surface area (Å²) in [5.41, 5.74) is 0.313. The first-order valence-electron chi connectivity index (χ1n) is 4.89. The van der Waals surface area contributed by atoms with E-state index in [0.717, 1.165) is 8.26 Å². The molecule has 94 valence electrons. The topological polar surface area (TPSA) is 17.1 Å². The van der Waals surface area contributed by atoms with Crippen LogP contribution in [0.4, 0.5) is 4.39 Å². The van der Waals surface area contributed by atoms with Gasteiger partial charge in [0.1, 0.15) is 5.82 Å². The van der Waals surface area contributed by atoms with Crippen molar-refractivity contribution in [2.75, 3.05) is 0 Å². The van der Waals surface area contributed by atoms with Gasteiger partial charge in [-0.25, -0.2) is 4.39 Å². The molecule has 0 amide bonds. The van der Waals surface area contributed by atoms with E-state index in [1.54, 1.807) is 6.07 Å². The average molecular weight is 413 g/mol. The van der Waals surface area contributed by atoms with Crippen molar-refractivity contribution in [2.45, 2.75) is 6.42 Å². The number of hydrogen-bond donors (Lipinski definition) is 0. The molecule has 2 rings (SSSR count). The van der Waals surface area contributed by atoms with Crippen LogP contribution in [0.15, 0.2) is 32.5 Å². The second-order valence-electron chi connectivity index (χ2n) is 3.57. The Balaban J connectivity index is 2.23. The molecule has 0 saturated carbocycles. The number of halogens is 4. The SMILES string of the molecule is O=C(Cc1cc(Cl)ccc1F)c1cc(Br)c(Br)s1. The number of Topliss-reactive ketones (excluding diaryl/α,β-unsaturated/α-hetero) is 1. The van der Waals surface area contributed by atoms with E-state index in [-0.39, 0.29) is 12.2 Å². The Morgan fingerprint density at radius 1 is 1.33 bits per heavy atom. The van der Waals surface area contributed by atoms with Crippen LogP contribution in [0.1, 0.15) is 15.2 Å². The molecule has 0 aliphatic heterocycles. The number of thiophene rings is 1. The zero-order valence-corrected chi connectivity index (χ0v) is 13.6. The Hall–Kier alpha value is -0.230. The molecule has 0 atom stereocenters. The fraction of sp³-hybridized carbons (Fsp3) is 0.0833. The molecule has 0 unspecified atom stereocenters. The van der Waals surface area contributed by atoms with Crippen LogP contribution >= 0.6 is 54.8 Å². The summed E-state index contributed by atoms with van der Waals surface area (Å²) in [5.74, 6) is -0.546. The Morgan fingerprint density at radius 3 is 2.67 bits per heavy atom. The lowest BCUT2D eigenvalue weighted by Crippen LogP contribution is -2.03. The number of ketones is 1. The third kappa shape index (κ3) is 3.20. The van der Waals surface area contributed by atoms with E-state index in [1.807, 2.05) is 0 Å². The molecular formula is C12H6Br2ClFOS. The quantitative estimate of drug-likeness (QED) is 0.609. The van der Waals surface area contributed by atoms with Crippen molar-refractivity contribution in [3.05, 3.63) is 53.8 Å². The van der Waals surface area contributed by atoms with E-state index in [2.05, 4.69) is 31.9 Å². The highest BCUT2D eigenvalue weighted by molar-refractivity contribution is 9.13. The predicted octanol–water partition coefficient (Wildman–Crippen LogP) is 5.49. The molecule has 0 saturated heterocycles. The fourth-order valence-corrected chi connectivity index (χ4v) is 3.59. The minimum absolute atomic E-state index is 0.00574. The first-order chi connectivity index (χ1) is 8.47. The van der Waals surface area contributed by atoms with Gasteiger partial charge in [-0.05, 0) is 61.7 Å². The van der Waals surface area contributed by atoms with Gasteiger partial charge in [-0.3, -0.25) is 4.79 Å². The molecule has 0 fully saturated rings. The van der Waals surface area contributed by atoms with Gasteiger partial charge in [-0.15, -0.1) is 11.3 Å². The summed E-state index contributed by atoms with van der Waals surface area (Å²) < 4.78 is 15.2. The summed E-state index contributed by atoms with van der Waals surface area (Å²) in [6.45, 7) is 0. The van der Waals surface area contributed by atoms with Crippen LogP contribution in [0.25, 0.3) is 0 Å². The lowest BCUT2D eigenvalue weighted by atomic mass is 10.1. The number of carbonyl (C=O) groups is 1. The molecule has 0 bridgehead atoms. The summed E-state index contributed by atoms with van der Waals surface area (Å²) in [4.78, 5) is 12.6. The third-order valence-electron chi connectivity index (χ3n) is 2.28. The number of rotatable bonds is 3. The van der Waals surface area contributed by atoms with Gasteiger partial charge in [0.05, 0.1) is 8.66 Å².